The molecule has 0 aliphatic heterocycles. The number of aromatic nitrogens is 2. The first kappa shape index (κ1) is 15.5. The van der Waals surface area contributed by atoms with Crippen molar-refractivity contribution in [3.05, 3.63) is 75.9 Å². The van der Waals surface area contributed by atoms with E-state index in [9.17, 15) is 5.11 Å². The molecule has 0 saturated heterocycles. The first-order chi connectivity index (χ1) is 11.7. The predicted octanol–water partition coefficient (Wildman–Crippen LogP) is 5.04. The molecule has 0 radical (unpaired) electrons. The Morgan fingerprint density at radius 1 is 1.00 bits per heavy atom. The lowest BCUT2D eigenvalue weighted by molar-refractivity contribution is 0.281. The molecule has 2 aromatic carbocycles. The fourth-order valence-electron chi connectivity index (χ4n) is 3.05. The van der Waals surface area contributed by atoms with E-state index in [0.717, 1.165) is 33.1 Å². The molecule has 4 aromatic rings. The molecular formula is C19H14Cl2N2O. The predicted molar refractivity (Wildman–Crippen MR) is 98.7 cm³/mol. The molecule has 0 aliphatic carbocycles. The zero-order chi connectivity index (χ0) is 16.7. The summed E-state index contributed by atoms with van der Waals surface area (Å²) >= 11 is 12.5. The van der Waals surface area contributed by atoms with Gasteiger partial charge in [-0.2, -0.15) is 0 Å². The SMILES string of the molecule is OCc1cnc2c(c1)c1ccccc1n2Cc1cccc(Cl)c1Cl. The minimum atomic E-state index is -0.0252. The molecule has 2 heterocycles. The summed E-state index contributed by atoms with van der Waals surface area (Å²) in [7, 11) is 0. The van der Waals surface area contributed by atoms with Crippen molar-refractivity contribution in [3.63, 3.8) is 0 Å². The largest absolute Gasteiger partial charge is 0.392 e. The highest BCUT2D eigenvalue weighted by Crippen LogP contribution is 2.31. The van der Waals surface area contributed by atoms with Crippen molar-refractivity contribution in [1.29, 1.82) is 0 Å². The molecule has 0 saturated carbocycles. The van der Waals surface area contributed by atoms with Gasteiger partial charge in [0.15, 0.2) is 0 Å². The Morgan fingerprint density at radius 3 is 2.67 bits per heavy atom. The van der Waals surface area contributed by atoms with Gasteiger partial charge in [-0.15, -0.1) is 0 Å². The van der Waals surface area contributed by atoms with E-state index in [-0.39, 0.29) is 6.61 Å². The van der Waals surface area contributed by atoms with Gasteiger partial charge in [-0.1, -0.05) is 53.5 Å². The van der Waals surface area contributed by atoms with Gasteiger partial charge in [0.2, 0.25) is 0 Å². The molecule has 0 bridgehead atoms. The monoisotopic (exact) mass is 356 g/mol. The van der Waals surface area contributed by atoms with Gasteiger partial charge in [0.25, 0.3) is 0 Å². The maximum Gasteiger partial charge on any atom is 0.141 e. The van der Waals surface area contributed by atoms with E-state index in [2.05, 4.69) is 21.7 Å². The molecule has 0 amide bonds. The van der Waals surface area contributed by atoms with Crippen molar-refractivity contribution in [2.45, 2.75) is 13.2 Å². The van der Waals surface area contributed by atoms with Gasteiger partial charge in [0.1, 0.15) is 5.65 Å². The number of fused-ring (bicyclic) bond motifs is 3. The first-order valence-electron chi connectivity index (χ1n) is 7.58. The number of pyridine rings is 1. The van der Waals surface area contributed by atoms with Crippen molar-refractivity contribution in [1.82, 2.24) is 9.55 Å². The number of aliphatic hydroxyl groups is 1. The highest BCUT2D eigenvalue weighted by atomic mass is 35.5. The topological polar surface area (TPSA) is 38.1 Å². The summed E-state index contributed by atoms with van der Waals surface area (Å²) in [4.78, 5) is 4.56. The molecule has 3 nitrogen and oxygen atoms in total. The van der Waals surface area contributed by atoms with Gasteiger partial charge < -0.3 is 9.67 Å². The normalized spacial score (nSPS) is 11.5. The molecule has 120 valence electrons. The van der Waals surface area contributed by atoms with Crippen LogP contribution in [0.15, 0.2) is 54.7 Å². The minimum Gasteiger partial charge on any atom is -0.392 e. The average Bonchev–Trinajstić information content (AvgIpc) is 2.92. The second kappa shape index (κ2) is 6.10. The highest BCUT2D eigenvalue weighted by Gasteiger charge is 2.14. The number of hydrogen-bond acceptors (Lipinski definition) is 2. The Morgan fingerprint density at radius 2 is 1.83 bits per heavy atom. The fraction of sp³-hybridized carbons (Fsp3) is 0.105. The summed E-state index contributed by atoms with van der Waals surface area (Å²) in [5.41, 5.74) is 3.68. The van der Waals surface area contributed by atoms with Crippen LogP contribution in [0.4, 0.5) is 0 Å². The summed E-state index contributed by atoms with van der Waals surface area (Å²) in [6.07, 6.45) is 1.71. The molecule has 4 rings (SSSR count). The van der Waals surface area contributed by atoms with Crippen LogP contribution >= 0.6 is 23.2 Å². The highest BCUT2D eigenvalue weighted by molar-refractivity contribution is 6.42. The van der Waals surface area contributed by atoms with Crippen LogP contribution in [0, 0.1) is 0 Å². The first-order valence-corrected chi connectivity index (χ1v) is 8.34. The van der Waals surface area contributed by atoms with Crippen molar-refractivity contribution in [3.8, 4) is 0 Å². The van der Waals surface area contributed by atoms with E-state index >= 15 is 0 Å². The van der Waals surface area contributed by atoms with Crippen molar-refractivity contribution >= 4 is 45.1 Å². The lowest BCUT2D eigenvalue weighted by Crippen LogP contribution is -2.01. The third-order valence-corrected chi connectivity index (χ3v) is 5.06. The fourth-order valence-corrected chi connectivity index (χ4v) is 3.43. The summed E-state index contributed by atoms with van der Waals surface area (Å²) in [6.45, 7) is 0.553. The summed E-state index contributed by atoms with van der Waals surface area (Å²) in [5.74, 6) is 0. The second-order valence-electron chi connectivity index (χ2n) is 5.69. The molecule has 24 heavy (non-hydrogen) atoms. The zero-order valence-corrected chi connectivity index (χ0v) is 14.2. The van der Waals surface area contributed by atoms with Crippen LogP contribution in [0.5, 0.6) is 0 Å². The lowest BCUT2D eigenvalue weighted by Gasteiger charge is -2.10. The Balaban J connectivity index is 1.98. The second-order valence-corrected chi connectivity index (χ2v) is 6.47. The number of para-hydroxylation sites is 1. The standard InChI is InChI=1S/C19H14Cl2N2O/c20-16-6-3-4-13(18(16)21)10-23-17-7-2-1-5-14(17)15-8-12(11-24)9-22-19(15)23/h1-9,24H,10-11H2. The van der Waals surface area contributed by atoms with Gasteiger partial charge in [-0.25, -0.2) is 4.98 Å². The molecule has 0 aliphatic rings. The van der Waals surface area contributed by atoms with Gasteiger partial charge in [-0.05, 0) is 29.3 Å². The molecule has 0 spiro atoms. The number of hydrogen-bond donors (Lipinski definition) is 1. The van der Waals surface area contributed by atoms with Crippen LogP contribution in [-0.2, 0) is 13.2 Å². The Bertz CT molecular complexity index is 1060. The Kier molecular flexibility index (Phi) is 3.93. The maximum absolute atomic E-state index is 9.40. The third-order valence-electron chi connectivity index (χ3n) is 4.21. The zero-order valence-electron chi connectivity index (χ0n) is 12.7. The van der Waals surface area contributed by atoms with Crippen molar-refractivity contribution in [2.24, 2.45) is 0 Å². The number of benzene rings is 2. The van der Waals surface area contributed by atoms with E-state index < -0.39 is 0 Å². The van der Waals surface area contributed by atoms with Crippen LogP contribution in [0.2, 0.25) is 10.0 Å². The maximum atomic E-state index is 9.40. The van der Waals surface area contributed by atoms with Crippen molar-refractivity contribution < 1.29 is 5.11 Å². The summed E-state index contributed by atoms with van der Waals surface area (Å²) in [5, 5.41) is 12.6. The molecule has 0 fully saturated rings. The minimum absolute atomic E-state index is 0.0252. The van der Waals surface area contributed by atoms with Gasteiger partial charge in [0, 0.05) is 17.0 Å². The number of aliphatic hydroxyl groups excluding tert-OH is 1. The molecule has 2 aromatic heterocycles. The Labute approximate surface area is 149 Å². The van der Waals surface area contributed by atoms with Crippen molar-refractivity contribution in [2.75, 3.05) is 0 Å². The van der Waals surface area contributed by atoms with Gasteiger partial charge in [-0.3, -0.25) is 0 Å². The van der Waals surface area contributed by atoms with E-state index in [1.807, 2.05) is 30.3 Å². The van der Waals surface area contributed by atoms with E-state index in [1.54, 1.807) is 12.3 Å². The number of nitrogens with zero attached hydrogens (tertiary/aromatic N) is 2. The third kappa shape index (κ3) is 2.46. The van der Waals surface area contributed by atoms with Gasteiger partial charge >= 0.3 is 0 Å². The lowest BCUT2D eigenvalue weighted by atomic mass is 10.1. The molecule has 0 unspecified atom stereocenters. The molecule has 5 heteroatoms. The summed E-state index contributed by atoms with van der Waals surface area (Å²) < 4.78 is 2.13. The van der Waals surface area contributed by atoms with Crippen LogP contribution < -0.4 is 0 Å². The summed E-state index contributed by atoms with van der Waals surface area (Å²) in [6, 6.07) is 15.8. The number of halogens is 2. The molecule has 1 N–H and O–H groups in total. The van der Waals surface area contributed by atoms with Crippen LogP contribution in [0.1, 0.15) is 11.1 Å². The quantitative estimate of drug-likeness (QED) is 0.558. The van der Waals surface area contributed by atoms with E-state index in [4.69, 9.17) is 23.2 Å². The smallest absolute Gasteiger partial charge is 0.141 e. The molecule has 0 atom stereocenters. The van der Waals surface area contributed by atoms with Gasteiger partial charge in [0.05, 0.1) is 28.7 Å². The van der Waals surface area contributed by atoms with E-state index in [1.165, 1.54) is 0 Å². The average molecular weight is 357 g/mol. The van der Waals surface area contributed by atoms with Crippen LogP contribution in [-0.4, -0.2) is 14.7 Å². The van der Waals surface area contributed by atoms with Crippen LogP contribution in [0.25, 0.3) is 21.9 Å². The Hall–Kier alpha value is -2.07. The number of rotatable bonds is 3. The van der Waals surface area contributed by atoms with E-state index in [0.29, 0.717) is 16.6 Å². The van der Waals surface area contributed by atoms with Crippen LogP contribution in [0.3, 0.4) is 0 Å². The molecular weight excluding hydrogens is 343 g/mol.